The summed E-state index contributed by atoms with van der Waals surface area (Å²) < 4.78 is 14.3. The van der Waals surface area contributed by atoms with Crippen molar-refractivity contribution in [3.63, 3.8) is 0 Å². The average Bonchev–Trinajstić information content (AvgIpc) is 3.94. The Bertz CT molecular complexity index is 2330. The van der Waals surface area contributed by atoms with Crippen molar-refractivity contribution in [2.24, 2.45) is 0 Å². The molecule has 0 N–H and O–H groups in total. The van der Waals surface area contributed by atoms with Crippen LogP contribution in [0.4, 0.5) is 0 Å². The van der Waals surface area contributed by atoms with E-state index in [1.807, 2.05) is 60.7 Å². The summed E-state index contributed by atoms with van der Waals surface area (Å²) in [6, 6.07) is 40.6. The Balaban J connectivity index is 0.976. The fourth-order valence-corrected chi connectivity index (χ4v) is 7.03. The fourth-order valence-electron chi connectivity index (χ4n) is 5.30. The lowest BCUT2D eigenvalue weighted by Crippen LogP contribution is -1.82. The van der Waals surface area contributed by atoms with Crippen molar-refractivity contribution in [3.05, 3.63) is 121 Å². The topological polar surface area (TPSA) is 104 Å². The van der Waals surface area contributed by atoms with Gasteiger partial charge in [-0.05, 0) is 64.7 Å². The molecule has 0 aliphatic carbocycles. The van der Waals surface area contributed by atoms with Crippen molar-refractivity contribution in [2.45, 2.75) is 0 Å². The first-order valence-corrected chi connectivity index (χ1v) is 16.1. The number of fused-ring (bicyclic) bond motifs is 2. The van der Waals surface area contributed by atoms with Crippen molar-refractivity contribution >= 4 is 43.1 Å². The molecule has 8 nitrogen and oxygen atoms in total. The normalized spacial score (nSPS) is 11.5. The van der Waals surface area contributed by atoms with Crippen molar-refractivity contribution in [3.8, 4) is 67.0 Å². The predicted molar refractivity (Wildman–Crippen MR) is 181 cm³/mol. The summed E-state index contributed by atoms with van der Waals surface area (Å²) in [5.41, 5.74) is 7.75. The molecule has 0 aliphatic heterocycles. The van der Waals surface area contributed by atoms with Gasteiger partial charge in [-0.2, -0.15) is 0 Å². The van der Waals surface area contributed by atoms with Crippen LogP contribution >= 0.6 is 22.7 Å². The first-order chi connectivity index (χ1) is 22.7. The number of nitrogens with zero attached hydrogens (tertiary/aromatic N) is 6. The summed E-state index contributed by atoms with van der Waals surface area (Å²) in [6.07, 6.45) is 0. The zero-order valence-corrected chi connectivity index (χ0v) is 25.5. The van der Waals surface area contributed by atoms with Gasteiger partial charge in [0.2, 0.25) is 11.8 Å². The zero-order chi connectivity index (χ0) is 30.5. The third-order valence-electron chi connectivity index (χ3n) is 7.56. The molecule has 0 saturated carbocycles. The number of hydrogen-bond acceptors (Lipinski definition) is 10. The van der Waals surface area contributed by atoms with E-state index in [-0.39, 0.29) is 0 Å². The number of aromatic nitrogens is 6. The summed E-state index contributed by atoms with van der Waals surface area (Å²) in [6.45, 7) is 0. The number of rotatable bonds is 6. The highest BCUT2D eigenvalue weighted by molar-refractivity contribution is 7.21. The average molecular weight is 633 g/mol. The minimum atomic E-state index is 0.370. The van der Waals surface area contributed by atoms with E-state index in [9.17, 15) is 0 Å². The molecule has 0 unspecified atom stereocenters. The first-order valence-electron chi connectivity index (χ1n) is 14.4. The first kappa shape index (κ1) is 26.6. The van der Waals surface area contributed by atoms with Crippen LogP contribution in [-0.4, -0.2) is 30.4 Å². The molecule has 0 aliphatic rings. The Morgan fingerprint density at radius 3 is 1.28 bits per heavy atom. The van der Waals surface area contributed by atoms with E-state index in [2.05, 4.69) is 81.1 Å². The molecule has 5 aromatic carbocycles. The lowest BCUT2D eigenvalue weighted by atomic mass is 10.1. The molecule has 0 radical (unpaired) electrons. The van der Waals surface area contributed by atoms with E-state index in [0.717, 1.165) is 53.8 Å². The van der Waals surface area contributed by atoms with Crippen LogP contribution in [-0.2, 0) is 0 Å². The molecule has 4 aromatic heterocycles. The van der Waals surface area contributed by atoms with E-state index >= 15 is 0 Å². The van der Waals surface area contributed by atoms with Crippen LogP contribution in [0.3, 0.4) is 0 Å². The maximum Gasteiger partial charge on any atom is 0.277 e. The predicted octanol–water partition coefficient (Wildman–Crippen LogP) is 9.67. The Hall–Kier alpha value is -5.84. The molecule has 9 aromatic rings. The summed E-state index contributed by atoms with van der Waals surface area (Å²) in [7, 11) is 0. The molecule has 9 rings (SSSR count). The molecule has 10 heteroatoms. The lowest BCUT2D eigenvalue weighted by molar-refractivity contribution is 0.582. The maximum absolute atomic E-state index is 6.09. The third-order valence-corrected chi connectivity index (χ3v) is 9.61. The van der Waals surface area contributed by atoms with Gasteiger partial charge in [0, 0.05) is 11.1 Å². The number of hydrogen-bond donors (Lipinski definition) is 0. The molecule has 0 bridgehead atoms. The highest BCUT2D eigenvalue weighted by atomic mass is 32.1. The van der Waals surface area contributed by atoms with Crippen LogP contribution in [0.15, 0.2) is 130 Å². The van der Waals surface area contributed by atoms with Crippen LogP contribution in [0.25, 0.3) is 87.4 Å². The smallest absolute Gasteiger partial charge is 0.277 e. The minimum Gasteiger partial charge on any atom is -0.414 e. The van der Waals surface area contributed by atoms with Gasteiger partial charge in [0.1, 0.15) is 0 Å². The molecule has 4 heterocycles. The molecule has 0 saturated heterocycles. The van der Waals surface area contributed by atoms with Crippen LogP contribution < -0.4 is 0 Å². The number of thiazole rings is 2. The van der Waals surface area contributed by atoms with Gasteiger partial charge in [0.25, 0.3) is 11.8 Å². The molecule has 46 heavy (non-hydrogen) atoms. The van der Waals surface area contributed by atoms with Gasteiger partial charge in [0.15, 0.2) is 10.0 Å². The third kappa shape index (κ3) is 4.86. The van der Waals surface area contributed by atoms with Gasteiger partial charge in [-0.25, -0.2) is 9.97 Å². The Morgan fingerprint density at radius 2 is 0.804 bits per heavy atom. The van der Waals surface area contributed by atoms with Crippen LogP contribution in [0.2, 0.25) is 0 Å². The summed E-state index contributed by atoms with van der Waals surface area (Å²) in [5.74, 6) is 1.49. The van der Waals surface area contributed by atoms with Gasteiger partial charge < -0.3 is 8.83 Å². The van der Waals surface area contributed by atoms with Gasteiger partial charge in [0.05, 0.1) is 20.4 Å². The van der Waals surface area contributed by atoms with Gasteiger partial charge in [-0.15, -0.1) is 43.1 Å². The van der Waals surface area contributed by atoms with Gasteiger partial charge in [-0.1, -0.05) is 78.9 Å². The van der Waals surface area contributed by atoms with E-state index in [0.29, 0.717) is 33.6 Å². The van der Waals surface area contributed by atoms with Crippen molar-refractivity contribution in [2.75, 3.05) is 0 Å². The van der Waals surface area contributed by atoms with E-state index < -0.39 is 0 Å². The molecular weight excluding hydrogens is 613 g/mol. The van der Waals surface area contributed by atoms with E-state index in [1.165, 1.54) is 22.7 Å². The molecule has 0 amide bonds. The Kier molecular flexibility index (Phi) is 6.32. The van der Waals surface area contributed by atoms with Crippen molar-refractivity contribution in [1.29, 1.82) is 0 Å². The largest absolute Gasteiger partial charge is 0.414 e. The second-order valence-electron chi connectivity index (χ2n) is 10.5. The van der Waals surface area contributed by atoms with Gasteiger partial charge in [-0.3, -0.25) is 0 Å². The summed E-state index contributed by atoms with van der Waals surface area (Å²) in [4.78, 5) is 9.59. The van der Waals surface area contributed by atoms with Crippen LogP contribution in [0.1, 0.15) is 0 Å². The zero-order valence-electron chi connectivity index (χ0n) is 23.9. The summed E-state index contributed by atoms with van der Waals surface area (Å²) in [5, 5.41) is 18.6. The van der Waals surface area contributed by atoms with Crippen LogP contribution in [0, 0.1) is 0 Å². The second kappa shape index (κ2) is 11.0. The molecule has 0 spiro atoms. The molecule has 218 valence electrons. The minimum absolute atomic E-state index is 0.370. The SMILES string of the molecule is c1ccc(-c2ccc3sc(-c4nnc(-c5cccc(-c6nnc(-c7nc8cc(-c9ccccc9)ccc8s7)o6)c5)o4)nc3c2)cc1. The Labute approximate surface area is 269 Å². The maximum atomic E-state index is 6.09. The second-order valence-corrected chi connectivity index (χ2v) is 12.6. The monoisotopic (exact) mass is 632 g/mol. The van der Waals surface area contributed by atoms with Gasteiger partial charge >= 0.3 is 0 Å². The van der Waals surface area contributed by atoms with E-state index in [4.69, 9.17) is 18.8 Å². The van der Waals surface area contributed by atoms with E-state index in [1.54, 1.807) is 0 Å². The number of benzene rings is 5. The highest BCUT2D eigenvalue weighted by Crippen LogP contribution is 2.36. The fraction of sp³-hybridized carbons (Fsp3) is 0. The molecule has 0 fully saturated rings. The standard InChI is InChI=1S/C36H20N6O2S2/c1-3-8-21(9-4-1)23-14-16-29-27(19-23)37-35(45-29)33-41-39-31(43-33)25-12-7-13-26(18-25)32-40-42-34(44-32)36-38-28-20-24(15-17-30(28)46-36)22-10-5-2-6-11-22/h1-20H. The van der Waals surface area contributed by atoms with Crippen molar-refractivity contribution in [1.82, 2.24) is 30.4 Å². The van der Waals surface area contributed by atoms with Crippen molar-refractivity contribution < 1.29 is 8.83 Å². The Morgan fingerprint density at radius 1 is 0.370 bits per heavy atom. The highest BCUT2D eigenvalue weighted by Gasteiger charge is 2.18. The molecular formula is C36H20N6O2S2. The van der Waals surface area contributed by atoms with Crippen LogP contribution in [0.5, 0.6) is 0 Å². The quantitative estimate of drug-likeness (QED) is 0.178. The lowest BCUT2D eigenvalue weighted by Gasteiger charge is -2.00. The summed E-state index contributed by atoms with van der Waals surface area (Å²) >= 11 is 3.04. The molecule has 0 atom stereocenters.